The normalized spacial score (nSPS) is 13.5. The molecular weight excluding hydrogens is 158 g/mol. The van der Waals surface area contributed by atoms with Crippen LogP contribution in [0.5, 0.6) is 0 Å². The van der Waals surface area contributed by atoms with Gasteiger partial charge in [-0.15, -0.1) is 0 Å². The minimum Gasteiger partial charge on any atom is -0.411 e. The fourth-order valence-electron chi connectivity index (χ4n) is 0.489. The SMILES string of the molecule is CC(=NO)C(C)(C)NOCCN. The third kappa shape index (κ3) is 3.66. The van der Waals surface area contributed by atoms with Crippen LogP contribution in [0.4, 0.5) is 0 Å². The molecule has 0 aliphatic heterocycles. The Balaban J connectivity index is 3.87. The Morgan fingerprint density at radius 3 is 2.67 bits per heavy atom. The van der Waals surface area contributed by atoms with Crippen LogP contribution >= 0.6 is 0 Å². The first-order chi connectivity index (χ1) is 5.54. The van der Waals surface area contributed by atoms with Crippen molar-refractivity contribution in [1.29, 1.82) is 0 Å². The topological polar surface area (TPSA) is 79.9 Å². The molecule has 0 spiro atoms. The Morgan fingerprint density at radius 1 is 1.67 bits per heavy atom. The van der Waals surface area contributed by atoms with E-state index in [4.69, 9.17) is 15.8 Å². The zero-order valence-corrected chi connectivity index (χ0v) is 7.79. The zero-order chi connectivity index (χ0) is 9.61. The summed E-state index contributed by atoms with van der Waals surface area (Å²) in [5, 5.41) is 11.6. The molecular formula is C7H17N3O2. The third-order valence-electron chi connectivity index (χ3n) is 1.60. The Hall–Kier alpha value is -0.650. The first-order valence-corrected chi connectivity index (χ1v) is 3.82. The van der Waals surface area contributed by atoms with Crippen molar-refractivity contribution in [2.75, 3.05) is 13.2 Å². The van der Waals surface area contributed by atoms with Gasteiger partial charge in [0.25, 0.3) is 0 Å². The van der Waals surface area contributed by atoms with E-state index in [0.717, 1.165) is 0 Å². The van der Waals surface area contributed by atoms with Gasteiger partial charge in [-0.05, 0) is 20.8 Å². The largest absolute Gasteiger partial charge is 0.411 e. The van der Waals surface area contributed by atoms with Crippen molar-refractivity contribution in [1.82, 2.24) is 5.48 Å². The second-order valence-electron chi connectivity index (χ2n) is 3.05. The van der Waals surface area contributed by atoms with Crippen molar-refractivity contribution in [3.63, 3.8) is 0 Å². The number of nitrogens with zero attached hydrogens (tertiary/aromatic N) is 1. The average molecular weight is 175 g/mol. The molecule has 0 aromatic carbocycles. The summed E-state index contributed by atoms with van der Waals surface area (Å²) in [5.74, 6) is 0. The summed E-state index contributed by atoms with van der Waals surface area (Å²) in [7, 11) is 0. The lowest BCUT2D eigenvalue weighted by atomic mass is 10.0. The molecule has 0 bridgehead atoms. The van der Waals surface area contributed by atoms with Crippen LogP contribution in [0.1, 0.15) is 20.8 Å². The molecule has 0 aromatic heterocycles. The van der Waals surface area contributed by atoms with Crippen molar-refractivity contribution in [3.05, 3.63) is 0 Å². The van der Waals surface area contributed by atoms with Crippen molar-refractivity contribution in [3.8, 4) is 0 Å². The van der Waals surface area contributed by atoms with Gasteiger partial charge in [0, 0.05) is 6.54 Å². The molecule has 0 aliphatic carbocycles. The minimum absolute atomic E-state index is 0.433. The summed E-state index contributed by atoms with van der Waals surface area (Å²) in [6.45, 7) is 6.29. The standard InChI is InChI=1S/C7H17N3O2/c1-6(9-11)7(2,3)10-12-5-4-8/h10-11H,4-5,8H2,1-3H3. The van der Waals surface area contributed by atoms with Crippen LogP contribution in [-0.2, 0) is 4.84 Å². The van der Waals surface area contributed by atoms with Crippen molar-refractivity contribution in [2.24, 2.45) is 10.9 Å². The lowest BCUT2D eigenvalue weighted by Crippen LogP contribution is -2.46. The first kappa shape index (κ1) is 11.4. The zero-order valence-electron chi connectivity index (χ0n) is 7.79. The highest BCUT2D eigenvalue weighted by atomic mass is 16.6. The fourth-order valence-corrected chi connectivity index (χ4v) is 0.489. The Labute approximate surface area is 72.5 Å². The maximum atomic E-state index is 8.49. The predicted molar refractivity (Wildman–Crippen MR) is 47.1 cm³/mol. The maximum absolute atomic E-state index is 8.49. The molecule has 0 fully saturated rings. The maximum Gasteiger partial charge on any atom is 0.0804 e. The van der Waals surface area contributed by atoms with E-state index in [1.165, 1.54) is 0 Å². The molecule has 0 atom stereocenters. The van der Waals surface area contributed by atoms with Crippen LogP contribution in [0, 0.1) is 0 Å². The van der Waals surface area contributed by atoms with Crippen LogP contribution in [0.15, 0.2) is 5.16 Å². The van der Waals surface area contributed by atoms with E-state index >= 15 is 0 Å². The molecule has 5 heteroatoms. The number of rotatable bonds is 5. The molecule has 0 radical (unpaired) electrons. The van der Waals surface area contributed by atoms with Gasteiger partial charge in [0.05, 0.1) is 17.9 Å². The van der Waals surface area contributed by atoms with Gasteiger partial charge in [-0.1, -0.05) is 5.16 Å². The molecule has 0 unspecified atom stereocenters. The second-order valence-corrected chi connectivity index (χ2v) is 3.05. The monoisotopic (exact) mass is 175 g/mol. The Bertz CT molecular complexity index is 157. The third-order valence-corrected chi connectivity index (χ3v) is 1.60. The highest BCUT2D eigenvalue weighted by Crippen LogP contribution is 2.04. The summed E-state index contributed by atoms with van der Waals surface area (Å²) in [4.78, 5) is 5.00. The van der Waals surface area contributed by atoms with Gasteiger partial charge < -0.3 is 10.9 Å². The summed E-state index contributed by atoms with van der Waals surface area (Å²) >= 11 is 0. The molecule has 0 rings (SSSR count). The van der Waals surface area contributed by atoms with Crippen molar-refractivity contribution >= 4 is 5.71 Å². The van der Waals surface area contributed by atoms with E-state index < -0.39 is 5.54 Å². The van der Waals surface area contributed by atoms with Crippen molar-refractivity contribution in [2.45, 2.75) is 26.3 Å². The van der Waals surface area contributed by atoms with Crippen LogP contribution in [0.3, 0.4) is 0 Å². The number of hydroxylamine groups is 1. The number of oxime groups is 1. The lowest BCUT2D eigenvalue weighted by Gasteiger charge is -2.24. The summed E-state index contributed by atoms with van der Waals surface area (Å²) in [6.07, 6.45) is 0. The van der Waals surface area contributed by atoms with Gasteiger partial charge in [-0.2, -0.15) is 5.48 Å². The summed E-state index contributed by atoms with van der Waals surface area (Å²) in [5.41, 5.74) is 8.05. The number of hydrogen-bond donors (Lipinski definition) is 3. The van der Waals surface area contributed by atoms with E-state index in [2.05, 4.69) is 10.6 Å². The quantitative estimate of drug-likeness (QED) is 0.239. The minimum atomic E-state index is -0.468. The predicted octanol–water partition coefficient (Wildman–Crippen LogP) is 0.0950. The van der Waals surface area contributed by atoms with Crippen molar-refractivity contribution < 1.29 is 10.0 Å². The van der Waals surface area contributed by atoms with Gasteiger partial charge >= 0.3 is 0 Å². The summed E-state index contributed by atoms with van der Waals surface area (Å²) < 4.78 is 0. The number of nitrogens with one attached hydrogen (secondary N) is 1. The summed E-state index contributed by atoms with van der Waals surface area (Å²) in [6, 6.07) is 0. The first-order valence-electron chi connectivity index (χ1n) is 3.82. The van der Waals surface area contributed by atoms with Crippen LogP contribution in [0.2, 0.25) is 0 Å². The molecule has 0 aromatic rings. The molecule has 0 saturated carbocycles. The molecule has 5 nitrogen and oxygen atoms in total. The smallest absolute Gasteiger partial charge is 0.0804 e. The molecule has 0 saturated heterocycles. The van der Waals surface area contributed by atoms with Gasteiger partial charge in [0.15, 0.2) is 0 Å². The van der Waals surface area contributed by atoms with E-state index in [1.807, 2.05) is 13.8 Å². The molecule has 72 valence electrons. The van der Waals surface area contributed by atoms with Gasteiger partial charge in [0.1, 0.15) is 0 Å². The van der Waals surface area contributed by atoms with Crippen LogP contribution in [-0.4, -0.2) is 29.6 Å². The van der Waals surface area contributed by atoms with Gasteiger partial charge in [-0.25, -0.2) is 0 Å². The highest BCUT2D eigenvalue weighted by molar-refractivity contribution is 5.89. The second kappa shape index (κ2) is 5.08. The molecule has 0 aliphatic rings. The lowest BCUT2D eigenvalue weighted by molar-refractivity contribution is 0.0127. The van der Waals surface area contributed by atoms with Crippen LogP contribution in [0.25, 0.3) is 0 Å². The molecule has 12 heavy (non-hydrogen) atoms. The Kier molecular flexibility index (Phi) is 4.80. The fraction of sp³-hybridized carbons (Fsp3) is 0.857. The van der Waals surface area contributed by atoms with Gasteiger partial charge in [0.2, 0.25) is 0 Å². The number of nitrogens with two attached hydrogens (primary N) is 1. The van der Waals surface area contributed by atoms with E-state index in [9.17, 15) is 0 Å². The van der Waals surface area contributed by atoms with Gasteiger partial charge in [-0.3, -0.25) is 4.84 Å². The molecule has 0 heterocycles. The van der Waals surface area contributed by atoms with E-state index in [-0.39, 0.29) is 0 Å². The molecule has 4 N–H and O–H groups in total. The van der Waals surface area contributed by atoms with E-state index in [0.29, 0.717) is 18.9 Å². The van der Waals surface area contributed by atoms with E-state index in [1.54, 1.807) is 6.92 Å². The number of hydrogen-bond acceptors (Lipinski definition) is 5. The average Bonchev–Trinajstić information content (AvgIpc) is 2.03. The Morgan fingerprint density at radius 2 is 2.25 bits per heavy atom. The van der Waals surface area contributed by atoms with Crippen LogP contribution < -0.4 is 11.2 Å². The highest BCUT2D eigenvalue weighted by Gasteiger charge is 2.21. The molecule has 0 amide bonds.